The van der Waals surface area contributed by atoms with Crippen molar-refractivity contribution < 1.29 is 0 Å². The highest BCUT2D eigenvalue weighted by molar-refractivity contribution is 7.19. The molecule has 128 valence electrons. The molecule has 2 atom stereocenters. The number of thiophene rings is 1. The minimum absolute atomic E-state index is 0.591. The SMILES string of the molecule is CC1CCc2c(sc3nc4c(c(-c5ccccc5)c23)CCCC4C)C1. The molecule has 0 radical (unpaired) electrons. The summed E-state index contributed by atoms with van der Waals surface area (Å²) in [4.78, 5) is 8.13. The molecule has 0 saturated carbocycles. The third-order valence-electron chi connectivity index (χ3n) is 6.17. The van der Waals surface area contributed by atoms with Crippen LogP contribution in [0.25, 0.3) is 21.3 Å². The number of aryl methyl sites for hydroxylation is 1. The molecule has 0 spiro atoms. The van der Waals surface area contributed by atoms with Crippen LogP contribution in [0.1, 0.15) is 60.7 Å². The Morgan fingerprint density at radius 3 is 2.68 bits per heavy atom. The van der Waals surface area contributed by atoms with E-state index < -0.39 is 0 Å². The number of aromatic nitrogens is 1. The Kier molecular flexibility index (Phi) is 3.71. The molecule has 1 nitrogen and oxygen atoms in total. The number of nitrogens with zero attached hydrogens (tertiary/aromatic N) is 1. The van der Waals surface area contributed by atoms with Crippen LogP contribution in [0.15, 0.2) is 30.3 Å². The zero-order valence-electron chi connectivity index (χ0n) is 15.1. The summed E-state index contributed by atoms with van der Waals surface area (Å²) in [6, 6.07) is 11.1. The number of fused-ring (bicyclic) bond motifs is 4. The molecular formula is C23H25NS. The van der Waals surface area contributed by atoms with Crippen LogP contribution >= 0.6 is 11.3 Å². The van der Waals surface area contributed by atoms with Crippen LogP contribution in [-0.2, 0) is 19.3 Å². The summed E-state index contributed by atoms with van der Waals surface area (Å²) in [5.74, 6) is 1.41. The van der Waals surface area contributed by atoms with Crippen molar-refractivity contribution in [3.8, 4) is 11.1 Å². The fourth-order valence-corrected chi connectivity index (χ4v) is 6.23. The summed E-state index contributed by atoms with van der Waals surface area (Å²) < 4.78 is 0. The van der Waals surface area contributed by atoms with Crippen molar-refractivity contribution >= 4 is 21.6 Å². The lowest BCUT2D eigenvalue weighted by atomic mass is 9.81. The van der Waals surface area contributed by atoms with Gasteiger partial charge in [0.2, 0.25) is 0 Å². The number of hydrogen-bond donors (Lipinski definition) is 0. The molecule has 0 saturated heterocycles. The first kappa shape index (κ1) is 15.6. The molecule has 0 aliphatic heterocycles. The topological polar surface area (TPSA) is 12.9 Å². The first-order chi connectivity index (χ1) is 12.2. The van der Waals surface area contributed by atoms with Crippen molar-refractivity contribution in [3.63, 3.8) is 0 Å². The van der Waals surface area contributed by atoms with E-state index >= 15 is 0 Å². The van der Waals surface area contributed by atoms with Crippen molar-refractivity contribution in [2.24, 2.45) is 5.92 Å². The number of rotatable bonds is 1. The molecule has 0 fully saturated rings. The van der Waals surface area contributed by atoms with E-state index in [2.05, 4.69) is 44.2 Å². The Hall–Kier alpha value is -1.67. The fourth-order valence-electron chi connectivity index (χ4n) is 4.83. The van der Waals surface area contributed by atoms with Gasteiger partial charge < -0.3 is 0 Å². The largest absolute Gasteiger partial charge is 0.241 e. The van der Waals surface area contributed by atoms with Crippen molar-refractivity contribution in [2.75, 3.05) is 0 Å². The summed E-state index contributed by atoms with van der Waals surface area (Å²) in [6.07, 6.45) is 7.55. The Morgan fingerprint density at radius 1 is 1.00 bits per heavy atom. The lowest BCUT2D eigenvalue weighted by Crippen LogP contribution is -2.12. The summed E-state index contributed by atoms with van der Waals surface area (Å²) in [7, 11) is 0. The van der Waals surface area contributed by atoms with Crippen LogP contribution in [0.3, 0.4) is 0 Å². The monoisotopic (exact) mass is 347 g/mol. The van der Waals surface area contributed by atoms with Crippen LogP contribution < -0.4 is 0 Å². The molecule has 25 heavy (non-hydrogen) atoms. The second-order valence-corrected chi connectivity index (χ2v) is 9.13. The minimum Gasteiger partial charge on any atom is -0.241 e. The van der Waals surface area contributed by atoms with Gasteiger partial charge in [0, 0.05) is 16.0 Å². The summed E-state index contributed by atoms with van der Waals surface area (Å²) in [5, 5.41) is 1.49. The maximum atomic E-state index is 5.23. The van der Waals surface area contributed by atoms with Gasteiger partial charge in [0.05, 0.1) is 0 Å². The average molecular weight is 348 g/mol. The fraction of sp³-hybridized carbons (Fsp3) is 0.435. The molecule has 0 N–H and O–H groups in total. The summed E-state index contributed by atoms with van der Waals surface area (Å²) in [6.45, 7) is 4.76. The summed E-state index contributed by atoms with van der Waals surface area (Å²) in [5.41, 5.74) is 7.44. The van der Waals surface area contributed by atoms with E-state index in [1.807, 2.05) is 11.3 Å². The lowest BCUT2D eigenvalue weighted by molar-refractivity contribution is 0.509. The second-order valence-electron chi connectivity index (χ2n) is 8.04. The third kappa shape index (κ3) is 2.45. The molecule has 2 aliphatic carbocycles. The van der Waals surface area contributed by atoms with Gasteiger partial charge in [0.25, 0.3) is 0 Å². The normalized spacial score (nSPS) is 22.6. The van der Waals surface area contributed by atoms with E-state index in [0.717, 1.165) is 5.92 Å². The van der Waals surface area contributed by atoms with Crippen molar-refractivity contribution in [2.45, 2.75) is 58.3 Å². The maximum absolute atomic E-state index is 5.23. The maximum Gasteiger partial charge on any atom is 0.124 e. The molecule has 3 aromatic rings. The predicted molar refractivity (Wildman–Crippen MR) is 108 cm³/mol. The van der Waals surface area contributed by atoms with Crippen LogP contribution in [-0.4, -0.2) is 4.98 Å². The molecule has 0 amide bonds. The van der Waals surface area contributed by atoms with E-state index in [4.69, 9.17) is 4.98 Å². The second kappa shape index (κ2) is 5.95. The smallest absolute Gasteiger partial charge is 0.124 e. The van der Waals surface area contributed by atoms with Gasteiger partial charge >= 0.3 is 0 Å². The zero-order valence-corrected chi connectivity index (χ0v) is 16.0. The average Bonchev–Trinajstić information content (AvgIpc) is 2.98. The minimum atomic E-state index is 0.591. The molecular weight excluding hydrogens is 322 g/mol. The molecule has 2 aromatic heterocycles. The highest BCUT2D eigenvalue weighted by Gasteiger charge is 2.28. The number of pyridine rings is 1. The van der Waals surface area contributed by atoms with Crippen LogP contribution in [0.2, 0.25) is 0 Å². The predicted octanol–water partition coefficient (Wildman–Crippen LogP) is 6.53. The van der Waals surface area contributed by atoms with E-state index in [9.17, 15) is 0 Å². The van der Waals surface area contributed by atoms with Gasteiger partial charge in [-0.25, -0.2) is 4.98 Å². The number of benzene rings is 1. The molecule has 2 heteroatoms. The Morgan fingerprint density at radius 2 is 1.84 bits per heavy atom. The van der Waals surface area contributed by atoms with E-state index in [0.29, 0.717) is 5.92 Å². The van der Waals surface area contributed by atoms with Crippen molar-refractivity contribution in [1.29, 1.82) is 0 Å². The summed E-state index contributed by atoms with van der Waals surface area (Å²) >= 11 is 1.98. The first-order valence-corrected chi connectivity index (χ1v) is 10.6. The quantitative estimate of drug-likeness (QED) is 0.488. The highest BCUT2D eigenvalue weighted by atomic mass is 32.1. The Labute approximate surface area is 154 Å². The van der Waals surface area contributed by atoms with Gasteiger partial charge in [-0.15, -0.1) is 11.3 Å². The van der Waals surface area contributed by atoms with Crippen molar-refractivity contribution in [1.82, 2.24) is 4.98 Å². The number of hydrogen-bond acceptors (Lipinski definition) is 2. The van der Waals surface area contributed by atoms with Crippen LogP contribution in [0, 0.1) is 5.92 Å². The first-order valence-electron chi connectivity index (χ1n) is 9.74. The van der Waals surface area contributed by atoms with Gasteiger partial charge in [0.1, 0.15) is 4.83 Å². The van der Waals surface area contributed by atoms with Crippen LogP contribution in [0.5, 0.6) is 0 Å². The molecule has 0 bridgehead atoms. The molecule has 1 aromatic carbocycles. The molecule has 2 aliphatic rings. The molecule has 2 unspecified atom stereocenters. The molecule has 2 heterocycles. The van der Waals surface area contributed by atoms with Gasteiger partial charge in [-0.1, -0.05) is 44.2 Å². The van der Waals surface area contributed by atoms with Gasteiger partial charge in [0.15, 0.2) is 0 Å². The molecule has 5 rings (SSSR count). The zero-order chi connectivity index (χ0) is 17.0. The van der Waals surface area contributed by atoms with E-state index in [1.165, 1.54) is 71.1 Å². The third-order valence-corrected chi connectivity index (χ3v) is 7.32. The standard InChI is InChI=1S/C23H25NS/c1-14-11-12-17-19(13-14)25-23-21(17)20(16-8-4-3-5-9-16)18-10-6-7-15(2)22(18)24-23/h3-5,8-9,14-15H,6-7,10-13H2,1-2H3. The van der Waals surface area contributed by atoms with Gasteiger partial charge in [-0.3, -0.25) is 0 Å². The van der Waals surface area contributed by atoms with Crippen molar-refractivity contribution in [3.05, 3.63) is 52.0 Å². The van der Waals surface area contributed by atoms with Crippen LogP contribution in [0.4, 0.5) is 0 Å². The lowest BCUT2D eigenvalue weighted by Gasteiger charge is -2.25. The van der Waals surface area contributed by atoms with E-state index in [1.54, 1.807) is 10.4 Å². The highest BCUT2D eigenvalue weighted by Crippen LogP contribution is 2.46. The Balaban J connectivity index is 1.87. The van der Waals surface area contributed by atoms with E-state index in [-0.39, 0.29) is 0 Å². The van der Waals surface area contributed by atoms with Gasteiger partial charge in [-0.2, -0.15) is 0 Å². The van der Waals surface area contributed by atoms with Gasteiger partial charge in [-0.05, 0) is 72.6 Å². The Bertz CT molecular complexity index is 938.